The van der Waals surface area contributed by atoms with Crippen LogP contribution in [0.2, 0.25) is 0 Å². The highest BCUT2D eigenvalue weighted by Crippen LogP contribution is 2.13. The van der Waals surface area contributed by atoms with Gasteiger partial charge in [-0.15, -0.1) is 24.0 Å². The summed E-state index contributed by atoms with van der Waals surface area (Å²) in [6.07, 6.45) is 1.47. The minimum Gasteiger partial charge on any atom is -0.492 e. The fourth-order valence-electron chi connectivity index (χ4n) is 2.78. The molecule has 3 aromatic rings. The summed E-state index contributed by atoms with van der Waals surface area (Å²) < 4.78 is 10.8. The number of anilines is 1. The fraction of sp³-hybridized carbons (Fsp3) is 0.250. The Morgan fingerprint density at radius 1 is 1.03 bits per heavy atom. The molecule has 1 heterocycles. The number of hydrogen-bond acceptors (Lipinski definition) is 4. The Balaban J connectivity index is 0.00000363. The molecule has 32 heavy (non-hydrogen) atoms. The van der Waals surface area contributed by atoms with Gasteiger partial charge >= 0.3 is 0 Å². The highest BCUT2D eigenvalue weighted by Gasteiger charge is 2.08. The van der Waals surface area contributed by atoms with Gasteiger partial charge in [0.05, 0.1) is 19.4 Å². The van der Waals surface area contributed by atoms with Crippen molar-refractivity contribution in [2.75, 3.05) is 25.0 Å². The van der Waals surface area contributed by atoms with Crippen molar-refractivity contribution in [3.8, 4) is 5.75 Å². The van der Waals surface area contributed by atoms with E-state index in [4.69, 9.17) is 9.15 Å². The molecule has 0 saturated carbocycles. The van der Waals surface area contributed by atoms with Crippen LogP contribution < -0.4 is 20.7 Å². The van der Waals surface area contributed by atoms with E-state index in [1.165, 1.54) is 11.8 Å². The van der Waals surface area contributed by atoms with Crippen molar-refractivity contribution >= 4 is 41.5 Å². The largest absolute Gasteiger partial charge is 0.492 e. The van der Waals surface area contributed by atoms with Crippen LogP contribution in [-0.4, -0.2) is 31.6 Å². The average Bonchev–Trinajstić information content (AvgIpc) is 3.32. The Morgan fingerprint density at radius 2 is 1.78 bits per heavy atom. The molecule has 170 valence electrons. The summed E-state index contributed by atoms with van der Waals surface area (Å²) in [7, 11) is 0. The molecule has 0 radical (unpaired) electrons. The van der Waals surface area contributed by atoms with E-state index in [0.29, 0.717) is 25.4 Å². The first-order valence-corrected chi connectivity index (χ1v) is 10.3. The molecule has 3 N–H and O–H groups in total. The first kappa shape index (κ1) is 25.3. The Morgan fingerprint density at radius 3 is 2.44 bits per heavy atom. The second kappa shape index (κ2) is 13.4. The molecule has 0 bridgehead atoms. The highest BCUT2D eigenvalue weighted by molar-refractivity contribution is 14.0. The molecule has 0 fully saturated rings. The van der Waals surface area contributed by atoms with Crippen molar-refractivity contribution in [3.63, 3.8) is 0 Å². The number of guanidine groups is 1. The van der Waals surface area contributed by atoms with Gasteiger partial charge in [0.25, 0.3) is 5.91 Å². The molecule has 0 aliphatic carbocycles. The normalized spacial score (nSPS) is 10.8. The molecule has 1 aromatic heterocycles. The molecular weight excluding hydrogens is 519 g/mol. The van der Waals surface area contributed by atoms with Crippen LogP contribution in [0.25, 0.3) is 0 Å². The maximum atomic E-state index is 12.0. The van der Waals surface area contributed by atoms with E-state index in [1.54, 1.807) is 12.1 Å². The molecule has 0 saturated heterocycles. The van der Waals surface area contributed by atoms with Gasteiger partial charge in [-0.25, -0.2) is 4.99 Å². The van der Waals surface area contributed by atoms with E-state index in [2.05, 4.69) is 27.9 Å². The van der Waals surface area contributed by atoms with Gasteiger partial charge in [0, 0.05) is 12.2 Å². The van der Waals surface area contributed by atoms with Gasteiger partial charge in [-0.05, 0) is 55.8 Å². The molecule has 0 atom stereocenters. The average molecular weight is 548 g/mol. The number of aryl methyl sites for hydroxylation is 1. The molecule has 2 aromatic carbocycles. The summed E-state index contributed by atoms with van der Waals surface area (Å²) in [5.41, 5.74) is 2.94. The second-order valence-corrected chi connectivity index (χ2v) is 6.91. The van der Waals surface area contributed by atoms with E-state index >= 15 is 0 Å². The molecular formula is C24H29IN4O3. The lowest BCUT2D eigenvalue weighted by atomic mass is 10.2. The number of rotatable bonds is 9. The van der Waals surface area contributed by atoms with Crippen molar-refractivity contribution < 1.29 is 13.9 Å². The maximum absolute atomic E-state index is 12.0. The van der Waals surface area contributed by atoms with Crippen LogP contribution in [0, 0.1) is 6.92 Å². The van der Waals surface area contributed by atoms with Gasteiger partial charge in [0.15, 0.2) is 11.7 Å². The first-order chi connectivity index (χ1) is 15.1. The maximum Gasteiger partial charge on any atom is 0.291 e. The van der Waals surface area contributed by atoms with Crippen LogP contribution in [0.5, 0.6) is 5.75 Å². The van der Waals surface area contributed by atoms with Crippen LogP contribution in [0.15, 0.2) is 76.3 Å². The number of aliphatic imine (C=N–C) groups is 1. The molecule has 8 heteroatoms. The first-order valence-electron chi connectivity index (χ1n) is 10.3. The van der Waals surface area contributed by atoms with Crippen molar-refractivity contribution in [2.45, 2.75) is 20.4 Å². The number of carbonyl (C=O) groups excluding carboxylic acids is 1. The molecule has 3 rings (SSSR count). The van der Waals surface area contributed by atoms with Crippen LogP contribution in [-0.2, 0) is 6.54 Å². The van der Waals surface area contributed by atoms with E-state index in [-0.39, 0.29) is 35.6 Å². The number of halogens is 1. The third-order valence-electron chi connectivity index (χ3n) is 4.40. The number of ether oxygens (including phenoxy) is 1. The summed E-state index contributed by atoms with van der Waals surface area (Å²) in [4.78, 5) is 16.6. The highest BCUT2D eigenvalue weighted by atomic mass is 127. The smallest absolute Gasteiger partial charge is 0.291 e. The van der Waals surface area contributed by atoms with E-state index in [1.807, 2.05) is 55.5 Å². The molecule has 7 nitrogen and oxygen atoms in total. The lowest BCUT2D eigenvalue weighted by Gasteiger charge is -2.12. The van der Waals surface area contributed by atoms with Crippen molar-refractivity contribution in [2.24, 2.45) is 4.99 Å². The summed E-state index contributed by atoms with van der Waals surface area (Å²) in [5, 5.41) is 9.30. The standard InChI is InChI=1S/C24H28N4O3.HI/c1-3-25-24(26-14-16-30-21-12-6-18(2)7-13-21)27-17-19-8-10-20(11-9-19)28-23(29)22-5-4-15-31-22;/h4-13,15H,3,14,16-17H2,1-2H3,(H,28,29)(H2,25,26,27);1H. The van der Waals surface area contributed by atoms with Crippen molar-refractivity contribution in [3.05, 3.63) is 83.8 Å². The van der Waals surface area contributed by atoms with E-state index in [9.17, 15) is 4.79 Å². The number of nitrogens with zero attached hydrogens (tertiary/aromatic N) is 1. The molecule has 0 spiro atoms. The lowest BCUT2D eigenvalue weighted by molar-refractivity contribution is 0.0996. The topological polar surface area (TPSA) is 87.9 Å². The zero-order valence-electron chi connectivity index (χ0n) is 18.3. The summed E-state index contributed by atoms with van der Waals surface area (Å²) >= 11 is 0. The monoisotopic (exact) mass is 548 g/mol. The third kappa shape index (κ3) is 8.26. The number of carbonyl (C=O) groups is 1. The summed E-state index contributed by atoms with van der Waals surface area (Å²) in [6.45, 7) is 6.53. The fourth-order valence-corrected chi connectivity index (χ4v) is 2.78. The van der Waals surface area contributed by atoms with Gasteiger partial charge in [-0.1, -0.05) is 29.8 Å². The van der Waals surface area contributed by atoms with Crippen molar-refractivity contribution in [1.82, 2.24) is 10.6 Å². The van der Waals surface area contributed by atoms with Gasteiger partial charge in [-0.3, -0.25) is 4.79 Å². The van der Waals surface area contributed by atoms with Gasteiger partial charge in [0.1, 0.15) is 12.4 Å². The van der Waals surface area contributed by atoms with Gasteiger partial charge < -0.3 is 25.1 Å². The number of hydrogen-bond donors (Lipinski definition) is 3. The van der Waals surface area contributed by atoms with Gasteiger partial charge in [0.2, 0.25) is 0 Å². The van der Waals surface area contributed by atoms with E-state index in [0.717, 1.165) is 23.8 Å². The predicted octanol–water partition coefficient (Wildman–Crippen LogP) is 4.59. The zero-order valence-corrected chi connectivity index (χ0v) is 20.6. The van der Waals surface area contributed by atoms with E-state index < -0.39 is 0 Å². The quantitative estimate of drug-likeness (QED) is 0.158. The zero-order chi connectivity index (χ0) is 21.9. The Hall–Kier alpha value is -3.01. The van der Waals surface area contributed by atoms with Crippen LogP contribution in [0.3, 0.4) is 0 Å². The molecule has 0 aliphatic rings. The molecule has 0 unspecified atom stereocenters. The Bertz CT molecular complexity index is 971. The molecule has 1 amide bonds. The number of amides is 1. The minimum absolute atomic E-state index is 0. The number of nitrogens with one attached hydrogen (secondary N) is 3. The number of furan rings is 1. The van der Waals surface area contributed by atoms with Crippen LogP contribution >= 0.6 is 24.0 Å². The lowest BCUT2D eigenvalue weighted by Crippen LogP contribution is -2.39. The van der Waals surface area contributed by atoms with Gasteiger partial charge in [-0.2, -0.15) is 0 Å². The Kier molecular flexibility index (Phi) is 10.6. The van der Waals surface area contributed by atoms with Crippen LogP contribution in [0.4, 0.5) is 5.69 Å². The van der Waals surface area contributed by atoms with Crippen molar-refractivity contribution in [1.29, 1.82) is 0 Å². The molecule has 0 aliphatic heterocycles. The Labute approximate surface area is 205 Å². The number of benzene rings is 2. The minimum atomic E-state index is -0.276. The second-order valence-electron chi connectivity index (χ2n) is 6.91. The van der Waals surface area contributed by atoms with Crippen LogP contribution in [0.1, 0.15) is 28.6 Å². The SMILES string of the molecule is CCNC(=NCc1ccc(NC(=O)c2ccco2)cc1)NCCOc1ccc(C)cc1.I. The summed E-state index contributed by atoms with van der Waals surface area (Å²) in [6, 6.07) is 18.9. The predicted molar refractivity (Wildman–Crippen MR) is 138 cm³/mol. The third-order valence-corrected chi connectivity index (χ3v) is 4.40. The summed E-state index contributed by atoms with van der Waals surface area (Å²) in [5.74, 6) is 1.59.